The lowest BCUT2D eigenvalue weighted by Gasteiger charge is -2.50. The minimum absolute atomic E-state index is 0.139. The maximum Gasteiger partial charge on any atom is 0.530 e. The zero-order chi connectivity index (χ0) is 60.9. The van der Waals surface area contributed by atoms with Crippen molar-refractivity contribution in [2.75, 3.05) is 9.80 Å². The largest absolute Gasteiger partial charge is 0.530 e. The number of anilines is 4. The van der Waals surface area contributed by atoms with Crippen molar-refractivity contribution in [3.05, 3.63) is 284 Å². The van der Waals surface area contributed by atoms with Gasteiger partial charge in [0, 0.05) is 79.5 Å². The number of aromatic nitrogens is 1. The van der Waals surface area contributed by atoms with Crippen molar-refractivity contribution in [2.24, 2.45) is 0 Å². The number of benzene rings is 9. The molecule has 15 rings (SSSR count). The summed E-state index contributed by atoms with van der Waals surface area (Å²) in [5.41, 5.74) is 18.7. The monoisotopic (exact) mass is 1160 g/mol. The fourth-order valence-corrected chi connectivity index (χ4v) is 16.0. The number of para-hydroxylation sites is 2. The van der Waals surface area contributed by atoms with Crippen molar-refractivity contribution in [3.8, 4) is 28.1 Å². The number of aryl methyl sites for hydroxylation is 3. The summed E-state index contributed by atoms with van der Waals surface area (Å²) in [6, 6.07) is 64.8. The molecule has 2 amide bonds. The number of amides is 2. The molecule has 10 aromatic rings. The third-order valence-electron chi connectivity index (χ3n) is 19.6. The third kappa shape index (κ3) is 7.91. The number of halogens is 2. The maximum atomic E-state index is 18.6. The molecule has 2 aliphatic carbocycles. The van der Waals surface area contributed by atoms with Crippen LogP contribution < -0.4 is 14.5 Å². The van der Waals surface area contributed by atoms with E-state index in [1.807, 2.05) is 149 Å². The van der Waals surface area contributed by atoms with Gasteiger partial charge >= 0.3 is 12.9 Å². The summed E-state index contributed by atoms with van der Waals surface area (Å²) >= 11 is 0. The molecule has 0 bridgehead atoms. The highest BCUT2D eigenvalue weighted by molar-refractivity contribution is 6.64. The lowest BCUT2D eigenvalue weighted by Crippen LogP contribution is -2.55. The molecular weight excluding hydrogens is 1090 g/mol. The topological polar surface area (TPSA) is 75.1 Å². The average molecular weight is 1160 g/mol. The van der Waals surface area contributed by atoms with E-state index >= 15 is 8.63 Å². The average Bonchev–Trinajstić information content (AvgIpc) is 1.48. The van der Waals surface area contributed by atoms with Crippen LogP contribution in [0.2, 0.25) is 0 Å². The molecule has 9 aromatic carbocycles. The van der Waals surface area contributed by atoms with Crippen molar-refractivity contribution in [2.45, 2.75) is 91.5 Å². The van der Waals surface area contributed by atoms with E-state index in [1.54, 1.807) is 18.2 Å². The van der Waals surface area contributed by atoms with E-state index in [4.69, 9.17) is 4.74 Å². The minimum atomic E-state index is -4.40. The SMILES string of the molecule is CC1=C2C(c3ccccc3C2(C)C)N2C1=C(c1c(C)cc(OC(=O)CCCc3ccc(N4C(=O)c5cccc6c(-c7ccc(N(c8ccccc8)c8ccccc8)cc7)ccc(c56)C4=O)cc3)cc1C)c1c(C)c3c(n1[B-]2(F)F)-c1ccccc1C3(C)C. The first kappa shape index (κ1) is 54.8. The molecule has 0 saturated carbocycles. The number of esters is 1. The van der Waals surface area contributed by atoms with Gasteiger partial charge in [-0.3, -0.25) is 14.4 Å². The summed E-state index contributed by atoms with van der Waals surface area (Å²) < 4.78 is 44.7. The molecule has 434 valence electrons. The molecule has 5 aliphatic rings. The highest BCUT2D eigenvalue weighted by atomic mass is 19.2. The van der Waals surface area contributed by atoms with Crippen LogP contribution in [-0.2, 0) is 22.0 Å². The lowest BCUT2D eigenvalue weighted by molar-refractivity contribution is -0.134. The van der Waals surface area contributed by atoms with Crippen molar-refractivity contribution in [1.29, 1.82) is 0 Å². The first-order chi connectivity index (χ1) is 42.4. The van der Waals surface area contributed by atoms with E-state index in [9.17, 15) is 14.4 Å². The molecule has 3 aliphatic heterocycles. The zero-order valence-electron chi connectivity index (χ0n) is 50.5. The Kier molecular flexibility index (Phi) is 12.3. The molecule has 4 heterocycles. The number of imide groups is 1. The summed E-state index contributed by atoms with van der Waals surface area (Å²) in [5.74, 6) is -0.776. The number of carbonyl (C=O) groups excluding carboxylic acids is 3. The van der Waals surface area contributed by atoms with Gasteiger partial charge in [0.25, 0.3) is 11.8 Å². The van der Waals surface area contributed by atoms with Crippen LogP contribution in [0.25, 0.3) is 38.7 Å². The number of allylic oxidation sites excluding steroid dienone is 1. The van der Waals surface area contributed by atoms with E-state index < -0.39 is 35.7 Å². The highest BCUT2D eigenvalue weighted by Gasteiger charge is 2.59. The van der Waals surface area contributed by atoms with Gasteiger partial charge in [0.15, 0.2) is 0 Å². The third-order valence-corrected chi connectivity index (χ3v) is 19.6. The lowest BCUT2D eigenvalue weighted by atomic mass is 9.77. The van der Waals surface area contributed by atoms with Gasteiger partial charge in [-0.05, 0) is 197 Å². The molecule has 1 atom stereocenters. The number of rotatable bonds is 11. The van der Waals surface area contributed by atoms with E-state index in [0.29, 0.717) is 57.9 Å². The second-order valence-electron chi connectivity index (χ2n) is 25.4. The number of hydrogen-bond donors (Lipinski definition) is 0. The summed E-state index contributed by atoms with van der Waals surface area (Å²) in [4.78, 5) is 47.5. The Morgan fingerprint density at radius 2 is 1.18 bits per heavy atom. The van der Waals surface area contributed by atoms with E-state index in [0.717, 1.165) is 106 Å². The van der Waals surface area contributed by atoms with Crippen molar-refractivity contribution >= 4 is 63.8 Å². The Bertz CT molecular complexity index is 4630. The van der Waals surface area contributed by atoms with Gasteiger partial charge in [-0.25, -0.2) is 4.90 Å². The molecule has 1 aromatic heterocycles. The van der Waals surface area contributed by atoms with Gasteiger partial charge < -0.3 is 27.6 Å². The van der Waals surface area contributed by atoms with Crippen LogP contribution in [0, 0.1) is 20.8 Å². The smallest absolute Gasteiger partial charge is 0.460 e. The standard InChI is InChI=1S/C77H64BF2N4O4/c1-45-43-55(44-46(2)65(45)67-70-47(3)68-72(58-26-15-17-30-62(58)76(68,5)6)83(70)78(79,80)84-71(67)48(4)69-73(84)59-27-16-18-31-63(59)77(69,7)8)88-64(85)32-19-21-49-33-37-54(38-34-49)82-74(86)60-29-20-28-57-56(41-42-61(66(57)60)75(82)87)50-35-39-53(40-36-50)81(51-22-11-9-12-23-51)52-24-13-10-14-25-52/h9-18,20,22-31,33-44,72H,19,21,32H2,1-8H3/q-1. The number of hydrogen-bond acceptors (Lipinski definition) is 6. The van der Waals surface area contributed by atoms with Crippen molar-refractivity contribution in [3.63, 3.8) is 0 Å². The molecule has 0 saturated heterocycles. The van der Waals surface area contributed by atoms with Crippen LogP contribution in [0.3, 0.4) is 0 Å². The van der Waals surface area contributed by atoms with Gasteiger partial charge in [-0.1, -0.05) is 155 Å². The first-order valence-corrected chi connectivity index (χ1v) is 30.5. The van der Waals surface area contributed by atoms with Crippen LogP contribution in [0.15, 0.2) is 217 Å². The zero-order valence-corrected chi connectivity index (χ0v) is 50.5. The molecule has 8 nitrogen and oxygen atoms in total. The molecule has 0 radical (unpaired) electrons. The fraction of sp³-hybridized carbons (Fsp3) is 0.182. The normalized spacial score (nSPS) is 17.0. The molecule has 0 spiro atoms. The van der Waals surface area contributed by atoms with Crippen LogP contribution in [0.4, 0.5) is 31.4 Å². The van der Waals surface area contributed by atoms with E-state index in [2.05, 4.69) is 93.3 Å². The molecule has 0 N–H and O–H groups in total. The second kappa shape index (κ2) is 19.8. The Morgan fingerprint density at radius 1 is 0.602 bits per heavy atom. The quantitative estimate of drug-likeness (QED) is 0.0556. The van der Waals surface area contributed by atoms with Crippen LogP contribution in [0.5, 0.6) is 5.75 Å². The summed E-state index contributed by atoms with van der Waals surface area (Å²) in [6.07, 6.45) is 1.18. The Balaban J connectivity index is 0.667. The number of fused-ring (bicyclic) bond motifs is 10. The fourth-order valence-electron chi connectivity index (χ4n) is 16.0. The van der Waals surface area contributed by atoms with Gasteiger partial charge in [-0.15, -0.1) is 0 Å². The summed E-state index contributed by atoms with van der Waals surface area (Å²) in [5, 5.41) is 1.47. The Hall–Kier alpha value is -9.87. The van der Waals surface area contributed by atoms with E-state index in [1.165, 1.54) is 14.2 Å². The minimum Gasteiger partial charge on any atom is -0.460 e. The van der Waals surface area contributed by atoms with Crippen LogP contribution >= 0.6 is 0 Å². The molecular formula is C77H64BF2N4O4-. The van der Waals surface area contributed by atoms with Gasteiger partial charge in [0.1, 0.15) is 5.75 Å². The highest BCUT2D eigenvalue weighted by Crippen LogP contribution is 2.65. The summed E-state index contributed by atoms with van der Waals surface area (Å²) in [6.45, 7) is 12.2. The number of carbonyl (C=O) groups is 3. The van der Waals surface area contributed by atoms with Gasteiger partial charge in [-0.2, -0.15) is 0 Å². The maximum absolute atomic E-state index is 18.6. The Morgan fingerprint density at radius 3 is 1.85 bits per heavy atom. The summed E-state index contributed by atoms with van der Waals surface area (Å²) in [7, 11) is 0. The molecule has 0 fully saturated rings. The first-order valence-electron chi connectivity index (χ1n) is 30.5. The second-order valence-corrected chi connectivity index (χ2v) is 25.4. The number of ether oxygens (including phenoxy) is 1. The van der Waals surface area contributed by atoms with E-state index in [-0.39, 0.29) is 12.4 Å². The Labute approximate surface area is 511 Å². The number of nitrogens with zero attached hydrogens (tertiary/aromatic N) is 4. The van der Waals surface area contributed by atoms with Crippen molar-refractivity contribution < 1.29 is 27.8 Å². The van der Waals surface area contributed by atoms with Crippen molar-refractivity contribution in [1.82, 2.24) is 9.29 Å². The molecule has 1 unspecified atom stereocenters. The predicted molar refractivity (Wildman–Crippen MR) is 349 cm³/mol. The molecule has 11 heteroatoms. The van der Waals surface area contributed by atoms with Gasteiger partial charge in [0.05, 0.1) is 5.69 Å². The van der Waals surface area contributed by atoms with Crippen LogP contribution in [0.1, 0.15) is 130 Å². The predicted octanol–water partition coefficient (Wildman–Crippen LogP) is 18.4. The molecule has 88 heavy (non-hydrogen) atoms. The van der Waals surface area contributed by atoms with Gasteiger partial charge in [0.2, 0.25) is 0 Å². The van der Waals surface area contributed by atoms with Crippen LogP contribution in [-0.4, -0.2) is 34.0 Å².